The molecule has 4 rings (SSSR count). The topological polar surface area (TPSA) is 32.3 Å². The van der Waals surface area contributed by atoms with Crippen molar-refractivity contribution < 1.29 is 4.79 Å². The zero-order valence-electron chi connectivity index (χ0n) is 13.2. The van der Waals surface area contributed by atoms with Crippen molar-refractivity contribution in [3.63, 3.8) is 0 Å². The number of rotatable bonds is 2. The molecule has 1 N–H and O–H groups in total. The number of fused-ring (bicyclic) bond motifs is 2. The summed E-state index contributed by atoms with van der Waals surface area (Å²) in [6, 6.07) is 8.52. The molecule has 1 unspecified atom stereocenters. The van der Waals surface area contributed by atoms with E-state index in [2.05, 4.69) is 40.7 Å². The number of carbonyl (C=O) groups is 1. The fraction of sp³-hybridized carbons (Fsp3) is 0.389. The summed E-state index contributed by atoms with van der Waals surface area (Å²) in [5.74, 6) is 0.179. The van der Waals surface area contributed by atoms with Gasteiger partial charge in [-0.25, -0.2) is 0 Å². The Balaban J connectivity index is 0.00000156. The lowest BCUT2D eigenvalue weighted by Crippen LogP contribution is -2.39. The van der Waals surface area contributed by atoms with Gasteiger partial charge in [0.05, 0.1) is 6.04 Å². The van der Waals surface area contributed by atoms with Gasteiger partial charge in [0, 0.05) is 29.2 Å². The number of halogens is 1. The maximum Gasteiger partial charge on any atom is 0.254 e. The Labute approximate surface area is 147 Å². The zero-order valence-corrected chi connectivity index (χ0v) is 14.8. The highest BCUT2D eigenvalue weighted by Crippen LogP contribution is 2.36. The Morgan fingerprint density at radius 3 is 3.04 bits per heavy atom. The van der Waals surface area contributed by atoms with Gasteiger partial charge < -0.3 is 10.2 Å². The van der Waals surface area contributed by atoms with Gasteiger partial charge in [-0.3, -0.25) is 4.79 Å². The summed E-state index contributed by atoms with van der Waals surface area (Å²) >= 11 is 1.82. The molecule has 3 nitrogen and oxygen atoms in total. The van der Waals surface area contributed by atoms with Crippen LogP contribution < -0.4 is 5.32 Å². The van der Waals surface area contributed by atoms with E-state index in [9.17, 15) is 4.79 Å². The molecule has 1 amide bonds. The molecule has 3 heterocycles. The van der Waals surface area contributed by atoms with Crippen LogP contribution in [0.15, 0.2) is 29.6 Å². The van der Waals surface area contributed by atoms with E-state index in [4.69, 9.17) is 0 Å². The van der Waals surface area contributed by atoms with Crippen LogP contribution in [0.3, 0.4) is 0 Å². The van der Waals surface area contributed by atoms with Crippen LogP contribution in [0.25, 0.3) is 0 Å². The maximum absolute atomic E-state index is 13.0. The Hall–Kier alpha value is -1.52. The van der Waals surface area contributed by atoms with Gasteiger partial charge in [-0.1, -0.05) is 6.92 Å². The minimum absolute atomic E-state index is 0. The van der Waals surface area contributed by atoms with Gasteiger partial charge in [0.1, 0.15) is 0 Å². The third-order valence-electron chi connectivity index (χ3n) is 4.80. The average Bonchev–Trinajstić information content (AvgIpc) is 3.20. The molecule has 0 bridgehead atoms. The van der Waals surface area contributed by atoms with Crippen molar-refractivity contribution in [2.75, 3.05) is 18.4 Å². The number of hydrogen-bond donors (Lipinski definition) is 1. The molecule has 0 saturated carbocycles. The van der Waals surface area contributed by atoms with Gasteiger partial charge >= 0.3 is 0 Å². The lowest BCUT2D eigenvalue weighted by atomic mass is 9.96. The van der Waals surface area contributed by atoms with Crippen molar-refractivity contribution in [2.45, 2.75) is 32.2 Å². The van der Waals surface area contributed by atoms with E-state index < -0.39 is 0 Å². The largest absolute Gasteiger partial charge is 0.384 e. The summed E-state index contributed by atoms with van der Waals surface area (Å²) in [5.41, 5.74) is 4.64. The minimum atomic E-state index is 0. The first-order valence-electron chi connectivity index (χ1n) is 8.02. The molecular formula is C18H21ClN2OS. The maximum atomic E-state index is 13.0. The molecule has 1 aromatic heterocycles. The number of thiophene rings is 1. The van der Waals surface area contributed by atoms with Crippen molar-refractivity contribution in [2.24, 2.45) is 0 Å². The zero-order chi connectivity index (χ0) is 15.1. The fourth-order valence-corrected chi connectivity index (χ4v) is 4.61. The fourth-order valence-electron chi connectivity index (χ4n) is 3.68. The highest BCUT2D eigenvalue weighted by atomic mass is 35.5. The SMILES string of the molecule is CCC1c2ccsc2CCN1C(=O)c1ccc2c(c1)CCN2.Cl. The number of nitrogens with zero attached hydrogens (tertiary/aromatic N) is 1. The average molecular weight is 349 g/mol. The quantitative estimate of drug-likeness (QED) is 0.878. The van der Waals surface area contributed by atoms with E-state index in [1.807, 2.05) is 17.4 Å². The van der Waals surface area contributed by atoms with Crippen molar-refractivity contribution >= 4 is 35.3 Å². The number of carbonyl (C=O) groups excluding carboxylic acids is 1. The smallest absolute Gasteiger partial charge is 0.254 e. The van der Waals surface area contributed by atoms with E-state index in [-0.39, 0.29) is 24.4 Å². The van der Waals surface area contributed by atoms with E-state index in [0.29, 0.717) is 0 Å². The molecule has 0 radical (unpaired) electrons. The molecule has 23 heavy (non-hydrogen) atoms. The molecule has 0 fully saturated rings. The van der Waals surface area contributed by atoms with Crippen LogP contribution in [0.2, 0.25) is 0 Å². The molecule has 1 aromatic carbocycles. The second-order valence-electron chi connectivity index (χ2n) is 6.02. The van der Waals surface area contributed by atoms with E-state index in [1.54, 1.807) is 0 Å². The lowest BCUT2D eigenvalue weighted by Gasteiger charge is -2.35. The van der Waals surface area contributed by atoms with Crippen LogP contribution >= 0.6 is 23.7 Å². The number of amides is 1. The van der Waals surface area contributed by atoms with Crippen LogP contribution in [-0.4, -0.2) is 23.9 Å². The third kappa shape index (κ3) is 2.74. The lowest BCUT2D eigenvalue weighted by molar-refractivity contribution is 0.0657. The normalized spacial score (nSPS) is 18.7. The van der Waals surface area contributed by atoms with Crippen molar-refractivity contribution in [3.05, 3.63) is 51.2 Å². The van der Waals surface area contributed by atoms with E-state index >= 15 is 0 Å². The van der Waals surface area contributed by atoms with Crippen LogP contribution in [0.1, 0.15) is 45.7 Å². The van der Waals surface area contributed by atoms with Crippen molar-refractivity contribution in [3.8, 4) is 0 Å². The summed E-state index contributed by atoms with van der Waals surface area (Å²) in [6.45, 7) is 3.98. The second kappa shape index (κ2) is 6.54. The molecule has 5 heteroatoms. The monoisotopic (exact) mass is 348 g/mol. The first-order chi connectivity index (χ1) is 10.8. The molecule has 1 atom stereocenters. The Morgan fingerprint density at radius 1 is 1.35 bits per heavy atom. The molecule has 2 aliphatic rings. The highest BCUT2D eigenvalue weighted by molar-refractivity contribution is 7.10. The van der Waals surface area contributed by atoms with Gasteiger partial charge in [0.2, 0.25) is 0 Å². The molecule has 2 aromatic rings. The predicted molar refractivity (Wildman–Crippen MR) is 98.0 cm³/mol. The highest BCUT2D eigenvalue weighted by Gasteiger charge is 2.31. The first kappa shape index (κ1) is 16.3. The van der Waals surface area contributed by atoms with E-state index in [0.717, 1.165) is 37.9 Å². The van der Waals surface area contributed by atoms with Crippen LogP contribution in [-0.2, 0) is 12.8 Å². The summed E-state index contributed by atoms with van der Waals surface area (Å²) in [7, 11) is 0. The minimum Gasteiger partial charge on any atom is -0.384 e. The molecule has 0 saturated heterocycles. The van der Waals surface area contributed by atoms with Crippen LogP contribution in [0, 0.1) is 0 Å². The number of anilines is 1. The number of benzene rings is 1. The predicted octanol–water partition coefficient (Wildman–Crippen LogP) is 4.29. The third-order valence-corrected chi connectivity index (χ3v) is 5.80. The first-order valence-corrected chi connectivity index (χ1v) is 8.90. The summed E-state index contributed by atoms with van der Waals surface area (Å²) in [5, 5.41) is 5.51. The number of nitrogens with one attached hydrogen (secondary N) is 1. The Morgan fingerprint density at radius 2 is 2.22 bits per heavy atom. The summed E-state index contributed by atoms with van der Waals surface area (Å²) < 4.78 is 0. The van der Waals surface area contributed by atoms with Gasteiger partial charge in [0.25, 0.3) is 5.91 Å². The molecule has 0 aliphatic carbocycles. The molecule has 2 aliphatic heterocycles. The molecule has 0 spiro atoms. The standard InChI is InChI=1S/C18H20N2OS.ClH/c1-2-16-14-7-10-22-17(14)6-9-20(16)18(21)13-3-4-15-12(11-13)5-8-19-15;/h3-4,7,10-11,16,19H,2,5-6,8-9H2,1H3;1H. The van der Waals surface area contributed by atoms with Gasteiger partial charge in [-0.2, -0.15) is 0 Å². The van der Waals surface area contributed by atoms with Crippen LogP contribution in [0.4, 0.5) is 5.69 Å². The van der Waals surface area contributed by atoms with E-state index in [1.165, 1.54) is 21.7 Å². The van der Waals surface area contributed by atoms with Gasteiger partial charge in [-0.05, 0) is 60.0 Å². The molecule has 122 valence electrons. The van der Waals surface area contributed by atoms with Crippen molar-refractivity contribution in [1.82, 2.24) is 4.90 Å². The Bertz CT molecular complexity index is 728. The van der Waals surface area contributed by atoms with Gasteiger partial charge in [-0.15, -0.1) is 23.7 Å². The summed E-state index contributed by atoms with van der Waals surface area (Å²) in [6.07, 6.45) is 2.98. The van der Waals surface area contributed by atoms with Gasteiger partial charge in [0.15, 0.2) is 0 Å². The molecular weight excluding hydrogens is 328 g/mol. The Kier molecular flexibility index (Phi) is 4.64. The van der Waals surface area contributed by atoms with Crippen molar-refractivity contribution in [1.29, 1.82) is 0 Å². The number of hydrogen-bond acceptors (Lipinski definition) is 3. The van der Waals surface area contributed by atoms with Crippen LogP contribution in [0.5, 0.6) is 0 Å². The second-order valence-corrected chi connectivity index (χ2v) is 7.02. The summed E-state index contributed by atoms with van der Waals surface area (Å²) in [4.78, 5) is 16.5.